The third-order valence-electron chi connectivity index (χ3n) is 3.98. The fourth-order valence-electron chi connectivity index (χ4n) is 2.58. The third kappa shape index (κ3) is 4.05. The van der Waals surface area contributed by atoms with Gasteiger partial charge in [-0.25, -0.2) is 0 Å². The minimum absolute atomic E-state index is 0.0414. The summed E-state index contributed by atoms with van der Waals surface area (Å²) in [6.07, 6.45) is 5.35. The molecule has 2 nitrogen and oxygen atoms in total. The second-order valence-electron chi connectivity index (χ2n) is 6.67. The first-order valence-corrected chi connectivity index (χ1v) is 7.02. The molecule has 0 atom stereocenters. The fourth-order valence-corrected chi connectivity index (χ4v) is 2.58. The van der Waals surface area contributed by atoms with E-state index in [1.807, 2.05) is 0 Å². The summed E-state index contributed by atoms with van der Waals surface area (Å²) in [6.45, 7) is 8.36. The van der Waals surface area contributed by atoms with Crippen LogP contribution in [0.4, 0.5) is 0 Å². The number of hydrogen-bond acceptors (Lipinski definition) is 1. The maximum atomic E-state index is 11.6. The van der Waals surface area contributed by atoms with Gasteiger partial charge >= 0.3 is 5.97 Å². The number of hydrogen-bond donors (Lipinski definition) is 1. The average molecular weight is 250 g/mol. The van der Waals surface area contributed by atoms with Crippen LogP contribution in [0.5, 0.6) is 0 Å². The summed E-state index contributed by atoms with van der Waals surface area (Å²) >= 11 is 0. The lowest BCUT2D eigenvalue weighted by Crippen LogP contribution is -2.35. The third-order valence-corrected chi connectivity index (χ3v) is 3.98. The van der Waals surface area contributed by atoms with Crippen LogP contribution < -0.4 is 0 Å². The molecule has 0 saturated heterocycles. The van der Waals surface area contributed by atoms with Crippen LogP contribution in [-0.2, 0) is 4.79 Å². The molecule has 0 aliphatic heterocycles. The predicted octanol–water partition coefficient (Wildman–Crippen LogP) is 4.10. The van der Waals surface area contributed by atoms with Crippen molar-refractivity contribution >= 4 is 5.97 Å². The minimum atomic E-state index is -0.653. The number of rotatable bonds is 3. The molecule has 1 aliphatic rings. The van der Waals surface area contributed by atoms with Crippen molar-refractivity contribution in [3.8, 4) is 11.8 Å². The van der Waals surface area contributed by atoms with Crippen LogP contribution >= 0.6 is 0 Å². The smallest absolute Gasteiger partial charge is 0.310 e. The number of carbonyl (C=O) groups is 1. The standard InChI is InChI=1S/C16H26O2/c1-5-13-7-11-16(12-8-13,14(17)18)10-6-9-15(2,3)4/h13H,5,7-8,10-12H2,1-4H3,(H,17,18). The van der Waals surface area contributed by atoms with E-state index in [0.717, 1.165) is 25.7 Å². The van der Waals surface area contributed by atoms with Crippen molar-refractivity contribution in [2.24, 2.45) is 16.7 Å². The first-order chi connectivity index (χ1) is 8.29. The highest BCUT2D eigenvalue weighted by atomic mass is 16.4. The Balaban J connectivity index is 2.71. The molecule has 0 amide bonds. The van der Waals surface area contributed by atoms with Crippen molar-refractivity contribution in [3.63, 3.8) is 0 Å². The van der Waals surface area contributed by atoms with E-state index < -0.39 is 11.4 Å². The highest BCUT2D eigenvalue weighted by Crippen LogP contribution is 2.42. The van der Waals surface area contributed by atoms with E-state index in [1.165, 1.54) is 6.42 Å². The Kier molecular flexibility index (Phi) is 4.85. The Morgan fingerprint density at radius 2 is 1.89 bits per heavy atom. The van der Waals surface area contributed by atoms with Gasteiger partial charge in [0.1, 0.15) is 0 Å². The molecular weight excluding hydrogens is 224 g/mol. The molecule has 0 aromatic carbocycles. The van der Waals surface area contributed by atoms with Crippen molar-refractivity contribution in [1.82, 2.24) is 0 Å². The van der Waals surface area contributed by atoms with Crippen LogP contribution in [0.3, 0.4) is 0 Å². The lowest BCUT2D eigenvalue weighted by molar-refractivity contribution is -0.151. The van der Waals surface area contributed by atoms with Gasteiger partial charge in [0, 0.05) is 11.8 Å². The topological polar surface area (TPSA) is 37.3 Å². The fraction of sp³-hybridized carbons (Fsp3) is 0.812. The molecule has 102 valence electrons. The van der Waals surface area contributed by atoms with Gasteiger partial charge in [-0.05, 0) is 52.4 Å². The summed E-state index contributed by atoms with van der Waals surface area (Å²) in [6, 6.07) is 0. The molecule has 0 aromatic rings. The van der Waals surface area contributed by atoms with E-state index >= 15 is 0 Å². The summed E-state index contributed by atoms with van der Waals surface area (Å²) in [5, 5.41) is 9.51. The number of aliphatic carboxylic acids is 1. The summed E-state index contributed by atoms with van der Waals surface area (Å²) < 4.78 is 0. The Labute approximate surface area is 111 Å². The zero-order chi connectivity index (χ0) is 13.8. The Bertz CT molecular complexity index is 344. The van der Waals surface area contributed by atoms with Crippen LogP contribution in [0.2, 0.25) is 0 Å². The molecule has 0 heterocycles. The van der Waals surface area contributed by atoms with E-state index in [1.54, 1.807) is 0 Å². The molecule has 0 spiro atoms. The van der Waals surface area contributed by atoms with Crippen molar-refractivity contribution in [2.75, 3.05) is 0 Å². The molecule has 1 rings (SSSR count). The zero-order valence-corrected chi connectivity index (χ0v) is 12.2. The van der Waals surface area contributed by atoms with E-state index in [4.69, 9.17) is 0 Å². The largest absolute Gasteiger partial charge is 0.481 e. The lowest BCUT2D eigenvalue weighted by atomic mass is 9.68. The van der Waals surface area contributed by atoms with Crippen LogP contribution in [-0.4, -0.2) is 11.1 Å². The van der Waals surface area contributed by atoms with E-state index in [9.17, 15) is 9.90 Å². The van der Waals surface area contributed by atoms with Gasteiger partial charge in [0.15, 0.2) is 0 Å². The maximum Gasteiger partial charge on any atom is 0.310 e. The van der Waals surface area contributed by atoms with E-state index in [-0.39, 0.29) is 5.41 Å². The van der Waals surface area contributed by atoms with Gasteiger partial charge in [-0.2, -0.15) is 0 Å². The van der Waals surface area contributed by atoms with Crippen molar-refractivity contribution in [3.05, 3.63) is 0 Å². The molecule has 1 N–H and O–H groups in total. The number of carboxylic acid groups (broad SMARTS) is 1. The van der Waals surface area contributed by atoms with Gasteiger partial charge in [-0.15, -0.1) is 5.92 Å². The molecule has 1 fully saturated rings. The predicted molar refractivity (Wildman–Crippen MR) is 74.2 cm³/mol. The Morgan fingerprint density at radius 1 is 1.33 bits per heavy atom. The lowest BCUT2D eigenvalue weighted by Gasteiger charge is -2.35. The summed E-state index contributed by atoms with van der Waals surface area (Å²) in [7, 11) is 0. The zero-order valence-electron chi connectivity index (χ0n) is 12.2. The summed E-state index contributed by atoms with van der Waals surface area (Å²) in [5.41, 5.74) is -0.621. The molecule has 0 unspecified atom stereocenters. The summed E-state index contributed by atoms with van der Waals surface area (Å²) in [4.78, 5) is 11.6. The van der Waals surface area contributed by atoms with Crippen LogP contribution in [0, 0.1) is 28.6 Å². The second kappa shape index (κ2) is 5.78. The molecule has 18 heavy (non-hydrogen) atoms. The Hall–Kier alpha value is -0.970. The maximum absolute atomic E-state index is 11.6. The van der Waals surface area contributed by atoms with Gasteiger partial charge in [0.2, 0.25) is 0 Å². The molecular formula is C16H26O2. The van der Waals surface area contributed by atoms with E-state index in [2.05, 4.69) is 39.5 Å². The monoisotopic (exact) mass is 250 g/mol. The molecule has 2 heteroatoms. The first kappa shape index (κ1) is 15.1. The number of carboxylic acids is 1. The average Bonchev–Trinajstić information content (AvgIpc) is 2.28. The van der Waals surface area contributed by atoms with Crippen molar-refractivity contribution in [2.45, 2.75) is 66.2 Å². The Morgan fingerprint density at radius 3 is 2.28 bits per heavy atom. The van der Waals surface area contributed by atoms with Gasteiger partial charge in [0.05, 0.1) is 5.41 Å². The van der Waals surface area contributed by atoms with Gasteiger partial charge in [-0.1, -0.05) is 19.3 Å². The highest BCUT2D eigenvalue weighted by Gasteiger charge is 2.40. The minimum Gasteiger partial charge on any atom is -0.481 e. The van der Waals surface area contributed by atoms with E-state index in [0.29, 0.717) is 12.3 Å². The second-order valence-corrected chi connectivity index (χ2v) is 6.67. The van der Waals surface area contributed by atoms with Crippen molar-refractivity contribution < 1.29 is 9.90 Å². The SMILES string of the molecule is CCC1CCC(CC#CC(C)(C)C)(C(=O)O)CC1. The first-order valence-electron chi connectivity index (χ1n) is 7.02. The highest BCUT2D eigenvalue weighted by molar-refractivity contribution is 5.75. The summed E-state index contributed by atoms with van der Waals surface area (Å²) in [5.74, 6) is 6.34. The van der Waals surface area contributed by atoms with Crippen LogP contribution in [0.25, 0.3) is 0 Å². The molecule has 0 aromatic heterocycles. The molecule has 0 radical (unpaired) electrons. The molecule has 1 saturated carbocycles. The quantitative estimate of drug-likeness (QED) is 0.766. The van der Waals surface area contributed by atoms with Gasteiger partial charge in [-0.3, -0.25) is 4.79 Å². The van der Waals surface area contributed by atoms with Crippen LogP contribution in [0.1, 0.15) is 66.2 Å². The molecule has 1 aliphatic carbocycles. The molecule has 0 bridgehead atoms. The van der Waals surface area contributed by atoms with Gasteiger partial charge < -0.3 is 5.11 Å². The van der Waals surface area contributed by atoms with Crippen LogP contribution in [0.15, 0.2) is 0 Å². The van der Waals surface area contributed by atoms with Crippen molar-refractivity contribution in [1.29, 1.82) is 0 Å². The normalized spacial score (nSPS) is 28.3. The van der Waals surface area contributed by atoms with Gasteiger partial charge in [0.25, 0.3) is 0 Å².